The monoisotopic (exact) mass is 251 g/mol. The van der Waals surface area contributed by atoms with Crippen LogP contribution in [0.3, 0.4) is 0 Å². The highest BCUT2D eigenvalue weighted by molar-refractivity contribution is 5.87. The molecule has 0 atom stereocenters. The molecule has 0 unspecified atom stereocenters. The molecule has 3 N–H and O–H groups in total. The Morgan fingerprint density at radius 2 is 1.56 bits per heavy atom. The minimum Gasteiger partial charge on any atom is -0.478 e. The highest BCUT2D eigenvalue weighted by atomic mass is 16.4. The molecule has 3 nitrogen and oxygen atoms in total. The van der Waals surface area contributed by atoms with Crippen LogP contribution in [0.1, 0.15) is 51.4 Å². The van der Waals surface area contributed by atoms with Crippen molar-refractivity contribution in [1.82, 2.24) is 0 Å². The summed E-state index contributed by atoms with van der Waals surface area (Å²) in [7, 11) is 0. The fourth-order valence-electron chi connectivity index (χ4n) is 1.95. The van der Waals surface area contributed by atoms with E-state index in [0.717, 1.165) is 6.42 Å². The molecule has 1 rings (SSSR count). The third-order valence-corrected chi connectivity index (χ3v) is 2.01. The fourth-order valence-corrected chi connectivity index (χ4v) is 1.95. The minimum absolute atomic E-state index is 0.0156. The van der Waals surface area contributed by atoms with Crippen molar-refractivity contribution in [2.75, 3.05) is 0 Å². The van der Waals surface area contributed by atoms with Gasteiger partial charge in [-0.1, -0.05) is 39.0 Å². The number of carbonyl (C=O) groups is 1. The number of hydrogen-bond donors (Lipinski definition) is 2. The first-order valence-electron chi connectivity index (χ1n) is 6.08. The van der Waals surface area contributed by atoms with Gasteiger partial charge in [-0.05, 0) is 37.8 Å². The van der Waals surface area contributed by atoms with E-state index in [1.54, 1.807) is 30.3 Å². The second-order valence-corrected chi connectivity index (χ2v) is 6.40. The molecule has 1 aromatic rings. The van der Waals surface area contributed by atoms with Gasteiger partial charge in [-0.2, -0.15) is 0 Å². The summed E-state index contributed by atoms with van der Waals surface area (Å²) in [6.07, 6.45) is 1.07. The standard InChI is InChI=1S/C8H19N.C7H6O2/c1-7(2,3)6-8(4,5)9;8-7(9)6-4-2-1-3-5-6/h6,9H2,1-5H3;1-5H,(H,8,9). The maximum absolute atomic E-state index is 10.2. The van der Waals surface area contributed by atoms with E-state index in [1.165, 1.54) is 0 Å². The molecule has 0 aliphatic carbocycles. The highest BCUT2D eigenvalue weighted by Gasteiger charge is 2.20. The molecule has 1 aromatic carbocycles. The average Bonchev–Trinajstić information content (AvgIpc) is 2.14. The third-order valence-electron chi connectivity index (χ3n) is 2.01. The van der Waals surface area contributed by atoms with Gasteiger partial charge in [0.25, 0.3) is 0 Å². The summed E-state index contributed by atoms with van der Waals surface area (Å²) in [6, 6.07) is 8.30. The summed E-state index contributed by atoms with van der Waals surface area (Å²) in [5.74, 6) is -0.879. The molecule has 0 saturated carbocycles. The van der Waals surface area contributed by atoms with Crippen LogP contribution in [0.4, 0.5) is 0 Å². The van der Waals surface area contributed by atoms with Crippen LogP contribution >= 0.6 is 0 Å². The van der Waals surface area contributed by atoms with Crippen molar-refractivity contribution in [3.63, 3.8) is 0 Å². The quantitative estimate of drug-likeness (QED) is 0.845. The van der Waals surface area contributed by atoms with Crippen LogP contribution in [0.5, 0.6) is 0 Å². The maximum atomic E-state index is 10.2. The van der Waals surface area contributed by atoms with Gasteiger partial charge in [-0.3, -0.25) is 0 Å². The second-order valence-electron chi connectivity index (χ2n) is 6.40. The van der Waals surface area contributed by atoms with Crippen LogP contribution in [0.15, 0.2) is 30.3 Å². The minimum atomic E-state index is -0.879. The number of hydrogen-bond acceptors (Lipinski definition) is 2. The van der Waals surface area contributed by atoms with E-state index in [-0.39, 0.29) is 5.54 Å². The Balaban J connectivity index is 0.000000321. The molecule has 0 fully saturated rings. The molecular weight excluding hydrogens is 226 g/mol. The molecule has 0 amide bonds. The zero-order valence-corrected chi connectivity index (χ0v) is 12.0. The molecule has 0 aliphatic heterocycles. The Morgan fingerprint density at radius 1 is 1.11 bits per heavy atom. The zero-order valence-electron chi connectivity index (χ0n) is 12.0. The summed E-state index contributed by atoms with van der Waals surface area (Å²) in [5, 5.41) is 8.38. The molecule has 0 spiro atoms. The van der Waals surface area contributed by atoms with Crippen molar-refractivity contribution in [2.24, 2.45) is 11.1 Å². The van der Waals surface area contributed by atoms with Gasteiger partial charge in [0.05, 0.1) is 5.56 Å². The van der Waals surface area contributed by atoms with Crippen molar-refractivity contribution < 1.29 is 9.90 Å². The first-order chi connectivity index (χ1) is 8.01. The van der Waals surface area contributed by atoms with Crippen LogP contribution in [0, 0.1) is 5.41 Å². The Morgan fingerprint density at radius 3 is 1.72 bits per heavy atom. The van der Waals surface area contributed by atoms with Gasteiger partial charge in [0.15, 0.2) is 0 Å². The van der Waals surface area contributed by atoms with Crippen molar-refractivity contribution in [3.05, 3.63) is 35.9 Å². The Bertz CT molecular complexity index is 346. The van der Waals surface area contributed by atoms with E-state index in [9.17, 15) is 4.79 Å². The van der Waals surface area contributed by atoms with Crippen LogP contribution in [-0.4, -0.2) is 16.6 Å². The summed E-state index contributed by atoms with van der Waals surface area (Å²) >= 11 is 0. The van der Waals surface area contributed by atoms with Crippen molar-refractivity contribution in [3.8, 4) is 0 Å². The van der Waals surface area contributed by atoms with E-state index >= 15 is 0 Å². The van der Waals surface area contributed by atoms with Gasteiger partial charge in [-0.25, -0.2) is 4.79 Å². The number of carboxylic acids is 1. The maximum Gasteiger partial charge on any atom is 0.335 e. The summed E-state index contributed by atoms with van der Waals surface area (Å²) in [6.45, 7) is 10.8. The third kappa shape index (κ3) is 9.85. The van der Waals surface area contributed by atoms with Gasteiger partial charge in [0.2, 0.25) is 0 Å². The molecule has 0 bridgehead atoms. The lowest BCUT2D eigenvalue weighted by molar-refractivity contribution is 0.0697. The first kappa shape index (κ1) is 16.6. The summed E-state index contributed by atoms with van der Waals surface area (Å²) in [4.78, 5) is 10.2. The van der Waals surface area contributed by atoms with Crippen molar-refractivity contribution in [1.29, 1.82) is 0 Å². The predicted molar refractivity (Wildman–Crippen MR) is 75.7 cm³/mol. The lowest BCUT2D eigenvalue weighted by Gasteiger charge is -2.28. The molecule has 0 heterocycles. The lowest BCUT2D eigenvalue weighted by Crippen LogP contribution is -2.36. The van der Waals surface area contributed by atoms with Gasteiger partial charge >= 0.3 is 5.97 Å². The summed E-state index contributed by atoms with van der Waals surface area (Å²) < 4.78 is 0. The highest BCUT2D eigenvalue weighted by Crippen LogP contribution is 2.24. The van der Waals surface area contributed by atoms with E-state index < -0.39 is 5.97 Å². The Labute approximate surface area is 110 Å². The number of benzene rings is 1. The van der Waals surface area contributed by atoms with Crippen LogP contribution < -0.4 is 5.73 Å². The van der Waals surface area contributed by atoms with Gasteiger partial charge < -0.3 is 10.8 Å². The van der Waals surface area contributed by atoms with E-state index in [4.69, 9.17) is 10.8 Å². The van der Waals surface area contributed by atoms with Crippen LogP contribution in [0.25, 0.3) is 0 Å². The number of nitrogens with two attached hydrogens (primary N) is 1. The topological polar surface area (TPSA) is 63.3 Å². The van der Waals surface area contributed by atoms with E-state index in [2.05, 4.69) is 34.6 Å². The molecule has 0 radical (unpaired) electrons. The molecule has 18 heavy (non-hydrogen) atoms. The number of rotatable bonds is 2. The van der Waals surface area contributed by atoms with Gasteiger partial charge in [0, 0.05) is 5.54 Å². The number of carboxylic acid groups (broad SMARTS) is 1. The SMILES string of the molecule is CC(C)(C)CC(C)(C)N.O=C(O)c1ccccc1. The van der Waals surface area contributed by atoms with Crippen LogP contribution in [-0.2, 0) is 0 Å². The van der Waals surface area contributed by atoms with E-state index in [1.807, 2.05) is 0 Å². The van der Waals surface area contributed by atoms with Crippen molar-refractivity contribution in [2.45, 2.75) is 46.6 Å². The normalized spacial score (nSPS) is 11.4. The molecule has 0 aromatic heterocycles. The molecule has 102 valence electrons. The zero-order chi connectivity index (χ0) is 14.4. The fraction of sp³-hybridized carbons (Fsp3) is 0.533. The molecule has 0 aliphatic rings. The Hall–Kier alpha value is -1.35. The largest absolute Gasteiger partial charge is 0.478 e. The number of aromatic carboxylic acids is 1. The van der Waals surface area contributed by atoms with Gasteiger partial charge in [-0.15, -0.1) is 0 Å². The smallest absolute Gasteiger partial charge is 0.335 e. The molecular formula is C15H25NO2. The molecule has 0 saturated heterocycles. The van der Waals surface area contributed by atoms with E-state index in [0.29, 0.717) is 11.0 Å². The second kappa shape index (κ2) is 6.55. The predicted octanol–water partition coefficient (Wildman–Crippen LogP) is 3.54. The van der Waals surface area contributed by atoms with Crippen LogP contribution in [0.2, 0.25) is 0 Å². The van der Waals surface area contributed by atoms with Crippen molar-refractivity contribution >= 4 is 5.97 Å². The average molecular weight is 251 g/mol. The van der Waals surface area contributed by atoms with Gasteiger partial charge in [0.1, 0.15) is 0 Å². The Kier molecular flexibility index (Phi) is 6.06. The summed E-state index contributed by atoms with van der Waals surface area (Å²) in [5.41, 5.74) is 6.50. The first-order valence-corrected chi connectivity index (χ1v) is 6.08. The molecule has 3 heteroatoms. The lowest BCUT2D eigenvalue weighted by atomic mass is 9.82.